The molecule has 0 saturated heterocycles. The van der Waals surface area contributed by atoms with E-state index in [0.717, 1.165) is 64.2 Å². The summed E-state index contributed by atoms with van der Waals surface area (Å²) in [7, 11) is 0. The molecular weight excluding hydrogens is 887 g/mol. The van der Waals surface area contributed by atoms with Gasteiger partial charge in [0.15, 0.2) is 0 Å². The fourth-order valence-corrected chi connectivity index (χ4v) is 9.96. The van der Waals surface area contributed by atoms with Gasteiger partial charge in [-0.3, -0.25) is 9.59 Å². The number of hydrogen-bond acceptors (Lipinski definition) is 5. The first-order chi connectivity index (χ1) is 35.5. The zero-order chi connectivity index (χ0) is 52.2. The van der Waals surface area contributed by atoms with Crippen molar-refractivity contribution < 1.29 is 24.5 Å². The number of unbranched alkanes of at least 4 members (excludes halogenated alkanes) is 45. The summed E-state index contributed by atoms with van der Waals surface area (Å²) in [5, 5.41) is 23.2. The van der Waals surface area contributed by atoms with Crippen LogP contribution in [0.4, 0.5) is 0 Å². The van der Waals surface area contributed by atoms with Gasteiger partial charge < -0.3 is 20.3 Å². The fourth-order valence-electron chi connectivity index (χ4n) is 9.96. The van der Waals surface area contributed by atoms with Crippen molar-refractivity contribution in [3.05, 3.63) is 36.5 Å². The summed E-state index contributed by atoms with van der Waals surface area (Å²) in [5.41, 5.74) is 0. The number of esters is 1. The molecule has 0 aliphatic carbocycles. The smallest absolute Gasteiger partial charge is 0.305 e. The highest BCUT2D eigenvalue weighted by Gasteiger charge is 2.18. The Bertz CT molecular complexity index is 1170. The van der Waals surface area contributed by atoms with Gasteiger partial charge in [0.2, 0.25) is 5.91 Å². The average Bonchev–Trinajstić information content (AvgIpc) is 3.38. The second-order valence-electron chi connectivity index (χ2n) is 22.1. The van der Waals surface area contributed by atoms with Crippen LogP contribution in [0.3, 0.4) is 0 Å². The molecule has 0 fully saturated rings. The van der Waals surface area contributed by atoms with E-state index in [9.17, 15) is 19.8 Å². The van der Waals surface area contributed by atoms with Crippen molar-refractivity contribution in [1.82, 2.24) is 5.32 Å². The molecule has 0 spiro atoms. The zero-order valence-electron chi connectivity index (χ0n) is 48.4. The maximum absolute atomic E-state index is 12.5. The monoisotopic (exact) mass is 1010 g/mol. The van der Waals surface area contributed by atoms with Gasteiger partial charge in [0, 0.05) is 12.8 Å². The Kier molecular flexibility index (Phi) is 60.0. The van der Waals surface area contributed by atoms with E-state index < -0.39 is 12.1 Å². The maximum Gasteiger partial charge on any atom is 0.305 e. The van der Waals surface area contributed by atoms with Gasteiger partial charge in [-0.2, -0.15) is 0 Å². The molecule has 6 nitrogen and oxygen atoms in total. The second-order valence-corrected chi connectivity index (χ2v) is 22.1. The van der Waals surface area contributed by atoms with Gasteiger partial charge in [-0.15, -0.1) is 0 Å². The van der Waals surface area contributed by atoms with Gasteiger partial charge >= 0.3 is 5.97 Å². The van der Waals surface area contributed by atoms with E-state index in [1.165, 1.54) is 257 Å². The number of aliphatic hydroxyl groups excluding tert-OH is 2. The van der Waals surface area contributed by atoms with Crippen LogP contribution >= 0.6 is 0 Å². The molecule has 0 heterocycles. The van der Waals surface area contributed by atoms with Gasteiger partial charge in [0.1, 0.15) is 0 Å². The predicted molar refractivity (Wildman–Crippen MR) is 315 cm³/mol. The highest BCUT2D eigenvalue weighted by molar-refractivity contribution is 5.76. The summed E-state index contributed by atoms with van der Waals surface area (Å²) >= 11 is 0. The molecule has 0 aliphatic rings. The lowest BCUT2D eigenvalue weighted by Crippen LogP contribution is -2.45. The Morgan fingerprint density at radius 3 is 1.08 bits per heavy atom. The van der Waals surface area contributed by atoms with Crippen LogP contribution in [0.1, 0.15) is 348 Å². The normalized spacial score (nSPS) is 12.8. The molecular formula is C66H125NO5. The molecule has 0 radical (unpaired) electrons. The summed E-state index contributed by atoms with van der Waals surface area (Å²) in [4.78, 5) is 24.6. The van der Waals surface area contributed by atoms with E-state index in [4.69, 9.17) is 4.74 Å². The van der Waals surface area contributed by atoms with Crippen molar-refractivity contribution in [2.24, 2.45) is 0 Å². The van der Waals surface area contributed by atoms with Crippen LogP contribution < -0.4 is 5.32 Å². The average molecular weight is 1010 g/mol. The molecule has 6 heteroatoms. The van der Waals surface area contributed by atoms with Crippen LogP contribution in [-0.2, 0) is 14.3 Å². The van der Waals surface area contributed by atoms with Crippen LogP contribution in [0, 0.1) is 0 Å². The van der Waals surface area contributed by atoms with Crippen molar-refractivity contribution >= 4 is 11.9 Å². The molecule has 2 unspecified atom stereocenters. The lowest BCUT2D eigenvalue weighted by atomic mass is 10.0. The van der Waals surface area contributed by atoms with Crippen LogP contribution in [0.2, 0.25) is 0 Å². The summed E-state index contributed by atoms with van der Waals surface area (Å²) in [6, 6.07) is -0.636. The molecule has 2 atom stereocenters. The van der Waals surface area contributed by atoms with Gasteiger partial charge in [0.05, 0.1) is 25.4 Å². The molecule has 0 saturated carbocycles. The molecule has 0 bridgehead atoms. The Balaban J connectivity index is 3.45. The van der Waals surface area contributed by atoms with Crippen LogP contribution in [-0.4, -0.2) is 47.4 Å². The van der Waals surface area contributed by atoms with E-state index >= 15 is 0 Å². The minimum atomic E-state index is -0.852. The highest BCUT2D eigenvalue weighted by Crippen LogP contribution is 2.18. The van der Waals surface area contributed by atoms with E-state index in [-0.39, 0.29) is 18.5 Å². The van der Waals surface area contributed by atoms with Crippen molar-refractivity contribution in [1.29, 1.82) is 0 Å². The zero-order valence-corrected chi connectivity index (χ0v) is 48.4. The van der Waals surface area contributed by atoms with E-state index in [0.29, 0.717) is 19.4 Å². The van der Waals surface area contributed by atoms with Gasteiger partial charge in [0.25, 0.3) is 0 Å². The summed E-state index contributed by atoms with van der Waals surface area (Å²) in [5.74, 6) is -0.0774. The number of nitrogens with one attached hydrogen (secondary N) is 1. The number of ether oxygens (including phenoxy) is 1. The number of allylic oxidation sites excluding steroid dienone is 5. The first-order valence-corrected chi connectivity index (χ1v) is 32.3. The van der Waals surface area contributed by atoms with Crippen LogP contribution in [0.15, 0.2) is 36.5 Å². The molecule has 0 aromatic rings. The number of carbonyl (C=O) groups excluding carboxylic acids is 2. The molecule has 72 heavy (non-hydrogen) atoms. The fraction of sp³-hybridized carbons (Fsp3) is 0.879. The number of hydrogen-bond donors (Lipinski definition) is 3. The highest BCUT2D eigenvalue weighted by atomic mass is 16.5. The number of amides is 1. The van der Waals surface area contributed by atoms with E-state index in [1.807, 2.05) is 6.08 Å². The molecule has 424 valence electrons. The molecule has 0 aliphatic heterocycles. The Hall–Kier alpha value is -1.92. The van der Waals surface area contributed by atoms with Crippen molar-refractivity contribution in [2.75, 3.05) is 13.2 Å². The first-order valence-electron chi connectivity index (χ1n) is 32.3. The molecule has 0 aromatic carbocycles. The standard InChI is InChI=1S/C66H125NO5/c1-3-5-7-9-11-13-15-17-19-21-23-24-26-27-30-34-38-42-46-50-54-58-64(69)63(62-68)67-65(70)59-55-51-47-43-39-35-31-29-33-37-41-45-49-53-57-61-72-66(71)60-56-52-48-44-40-36-32-28-25-22-20-18-16-14-12-10-8-6-4-2/h12,14,18,20,54,58,63-64,68-69H,3-11,13,15-17,19,21-53,55-57,59-62H2,1-2H3,(H,67,70)/b14-12-,20-18-,58-54+. The topological polar surface area (TPSA) is 95.9 Å². The van der Waals surface area contributed by atoms with Crippen LogP contribution in [0.5, 0.6) is 0 Å². The van der Waals surface area contributed by atoms with E-state index in [1.54, 1.807) is 6.08 Å². The minimum absolute atomic E-state index is 0.00366. The third kappa shape index (κ3) is 57.4. The molecule has 0 aromatic heterocycles. The number of carbonyl (C=O) groups is 2. The maximum atomic E-state index is 12.5. The Morgan fingerprint density at radius 2 is 0.694 bits per heavy atom. The first kappa shape index (κ1) is 70.1. The van der Waals surface area contributed by atoms with Gasteiger partial charge in [-0.25, -0.2) is 0 Å². The van der Waals surface area contributed by atoms with Gasteiger partial charge in [-0.1, -0.05) is 307 Å². The summed E-state index contributed by atoms with van der Waals surface area (Å²) in [6.45, 7) is 4.88. The predicted octanol–water partition coefficient (Wildman–Crippen LogP) is 20.4. The minimum Gasteiger partial charge on any atom is -0.466 e. The molecule has 1 amide bonds. The third-order valence-corrected chi connectivity index (χ3v) is 14.9. The van der Waals surface area contributed by atoms with Gasteiger partial charge in [-0.05, 0) is 64.2 Å². The van der Waals surface area contributed by atoms with Crippen molar-refractivity contribution in [3.63, 3.8) is 0 Å². The Labute approximate surface area is 449 Å². The third-order valence-electron chi connectivity index (χ3n) is 14.9. The second kappa shape index (κ2) is 61.6. The SMILES string of the molecule is CCCCC/C=C\C/C=C\CCCCCCCCCCCC(=O)OCCCCCCCCCCCCCCCCCC(=O)NC(CO)C(O)/C=C/CCCCCCCCCCCCCCCCCCCCC. The Morgan fingerprint density at radius 1 is 0.389 bits per heavy atom. The lowest BCUT2D eigenvalue weighted by Gasteiger charge is -2.20. The summed E-state index contributed by atoms with van der Waals surface area (Å²) in [6.07, 6.45) is 77.5. The van der Waals surface area contributed by atoms with Crippen LogP contribution in [0.25, 0.3) is 0 Å². The molecule has 0 rings (SSSR count). The van der Waals surface area contributed by atoms with Crippen molar-refractivity contribution in [2.45, 2.75) is 360 Å². The number of rotatable bonds is 60. The quantitative estimate of drug-likeness (QED) is 0.0320. The number of aliphatic hydroxyl groups is 2. The summed E-state index contributed by atoms with van der Waals surface area (Å²) < 4.78 is 5.49. The largest absolute Gasteiger partial charge is 0.466 e. The molecule has 3 N–H and O–H groups in total. The van der Waals surface area contributed by atoms with E-state index in [2.05, 4.69) is 43.5 Å². The lowest BCUT2D eigenvalue weighted by molar-refractivity contribution is -0.143. The van der Waals surface area contributed by atoms with Crippen molar-refractivity contribution in [3.8, 4) is 0 Å².